The maximum absolute atomic E-state index is 12.7. The maximum Gasteiger partial charge on any atom is 0.267 e. The van der Waals surface area contributed by atoms with Crippen LogP contribution in [0.15, 0.2) is 6.07 Å². The molecule has 0 saturated heterocycles. The van der Waals surface area contributed by atoms with Gasteiger partial charge in [0.2, 0.25) is 5.95 Å². The number of nitrogens with zero attached hydrogens (tertiary/aromatic N) is 1. The Kier molecular flexibility index (Phi) is 3.71. The SMILES string of the molecule is O=C(Cl)c1cc(F)nc(I)c1C(F)F. The minimum absolute atomic E-state index is 0.262. The summed E-state index contributed by atoms with van der Waals surface area (Å²) in [7, 11) is 0. The zero-order chi connectivity index (χ0) is 10.9. The van der Waals surface area contributed by atoms with Crippen molar-refractivity contribution in [1.29, 1.82) is 0 Å². The van der Waals surface area contributed by atoms with Gasteiger partial charge in [0.1, 0.15) is 3.70 Å². The number of alkyl halides is 2. The van der Waals surface area contributed by atoms with Crippen molar-refractivity contribution < 1.29 is 18.0 Å². The van der Waals surface area contributed by atoms with Crippen LogP contribution in [0.4, 0.5) is 13.2 Å². The molecule has 0 aromatic carbocycles. The summed E-state index contributed by atoms with van der Waals surface area (Å²) in [5.41, 5.74) is -1.18. The Balaban J connectivity index is 3.44. The fourth-order valence-electron chi connectivity index (χ4n) is 0.864. The summed E-state index contributed by atoms with van der Waals surface area (Å²) in [6.45, 7) is 0. The molecule has 1 heterocycles. The zero-order valence-corrected chi connectivity index (χ0v) is 9.31. The molecule has 0 radical (unpaired) electrons. The smallest absolute Gasteiger partial charge is 0.267 e. The Labute approximate surface area is 95.6 Å². The maximum atomic E-state index is 12.7. The molecular weight excluding hydrogens is 333 g/mol. The summed E-state index contributed by atoms with van der Waals surface area (Å²) in [6, 6.07) is 0.596. The van der Waals surface area contributed by atoms with E-state index in [1.165, 1.54) is 22.6 Å². The molecule has 2 nitrogen and oxygen atoms in total. The number of halogens is 5. The third-order valence-electron chi connectivity index (χ3n) is 1.41. The van der Waals surface area contributed by atoms with Gasteiger partial charge in [-0.1, -0.05) is 0 Å². The van der Waals surface area contributed by atoms with Crippen molar-refractivity contribution in [2.24, 2.45) is 0 Å². The molecule has 0 fully saturated rings. The first-order chi connectivity index (χ1) is 6.43. The summed E-state index contributed by atoms with van der Waals surface area (Å²) in [5.74, 6) is -1.01. The lowest BCUT2D eigenvalue weighted by molar-refractivity contribution is 0.106. The Morgan fingerprint density at radius 1 is 1.57 bits per heavy atom. The molecule has 14 heavy (non-hydrogen) atoms. The lowest BCUT2D eigenvalue weighted by Crippen LogP contribution is -2.05. The van der Waals surface area contributed by atoms with Crippen LogP contribution in [0.5, 0.6) is 0 Å². The molecule has 0 unspecified atom stereocenters. The quantitative estimate of drug-likeness (QED) is 0.472. The highest BCUT2D eigenvalue weighted by Crippen LogP contribution is 2.28. The van der Waals surface area contributed by atoms with E-state index < -0.39 is 28.7 Å². The first-order valence-electron chi connectivity index (χ1n) is 3.27. The van der Waals surface area contributed by atoms with E-state index in [1.807, 2.05) is 0 Å². The van der Waals surface area contributed by atoms with Crippen LogP contribution in [-0.4, -0.2) is 10.2 Å². The van der Waals surface area contributed by atoms with E-state index in [2.05, 4.69) is 4.98 Å². The minimum Gasteiger partial charge on any atom is -0.276 e. The molecule has 0 aliphatic rings. The lowest BCUT2D eigenvalue weighted by atomic mass is 10.1. The number of hydrogen-bond acceptors (Lipinski definition) is 2. The van der Waals surface area contributed by atoms with E-state index >= 15 is 0 Å². The topological polar surface area (TPSA) is 30.0 Å². The summed E-state index contributed by atoms with van der Waals surface area (Å²) >= 11 is 6.44. The van der Waals surface area contributed by atoms with Crippen LogP contribution in [-0.2, 0) is 0 Å². The van der Waals surface area contributed by atoms with Crippen molar-refractivity contribution >= 4 is 39.4 Å². The van der Waals surface area contributed by atoms with Crippen molar-refractivity contribution in [3.63, 3.8) is 0 Å². The summed E-state index contributed by atoms with van der Waals surface area (Å²) in [6.07, 6.45) is -2.91. The van der Waals surface area contributed by atoms with Crippen LogP contribution in [0.1, 0.15) is 22.3 Å². The van der Waals surface area contributed by atoms with Gasteiger partial charge in [-0.05, 0) is 34.2 Å². The third-order valence-corrected chi connectivity index (χ3v) is 2.44. The van der Waals surface area contributed by atoms with E-state index in [-0.39, 0.29) is 3.70 Å². The van der Waals surface area contributed by atoms with Crippen molar-refractivity contribution in [3.05, 3.63) is 26.8 Å². The van der Waals surface area contributed by atoms with Crippen molar-refractivity contribution in [2.45, 2.75) is 6.43 Å². The van der Waals surface area contributed by atoms with Crippen LogP contribution >= 0.6 is 34.2 Å². The zero-order valence-electron chi connectivity index (χ0n) is 6.40. The molecule has 76 valence electrons. The second-order valence-electron chi connectivity index (χ2n) is 2.27. The Bertz CT molecular complexity index is 385. The Morgan fingerprint density at radius 3 is 2.57 bits per heavy atom. The Hall–Kier alpha value is -0.370. The monoisotopic (exact) mass is 335 g/mol. The normalized spacial score (nSPS) is 10.7. The van der Waals surface area contributed by atoms with Gasteiger partial charge in [0, 0.05) is 6.07 Å². The highest BCUT2D eigenvalue weighted by Gasteiger charge is 2.22. The molecule has 1 rings (SSSR count). The minimum atomic E-state index is -2.91. The van der Waals surface area contributed by atoms with Crippen molar-refractivity contribution in [3.8, 4) is 0 Å². The molecule has 0 aliphatic carbocycles. The largest absolute Gasteiger partial charge is 0.276 e. The number of hydrogen-bond donors (Lipinski definition) is 0. The van der Waals surface area contributed by atoms with Gasteiger partial charge in [-0.25, -0.2) is 13.8 Å². The van der Waals surface area contributed by atoms with Crippen LogP contribution in [0, 0.1) is 9.65 Å². The van der Waals surface area contributed by atoms with E-state index in [0.29, 0.717) is 6.07 Å². The van der Waals surface area contributed by atoms with Gasteiger partial charge < -0.3 is 0 Å². The Morgan fingerprint density at radius 2 is 2.14 bits per heavy atom. The summed E-state index contributed by atoms with van der Waals surface area (Å²) in [5, 5.41) is -1.13. The van der Waals surface area contributed by atoms with E-state index in [1.54, 1.807) is 0 Å². The number of carbonyl (C=O) groups excluding carboxylic acids is 1. The molecule has 0 N–H and O–H groups in total. The molecule has 0 saturated carbocycles. The van der Waals surface area contributed by atoms with E-state index in [4.69, 9.17) is 11.6 Å². The highest BCUT2D eigenvalue weighted by molar-refractivity contribution is 14.1. The standard InChI is InChI=1S/C7H2ClF3INO/c8-5(14)2-1-3(9)13-7(12)4(2)6(10)11/h1,6H. The predicted molar refractivity (Wildman–Crippen MR) is 52.1 cm³/mol. The van der Waals surface area contributed by atoms with Crippen LogP contribution < -0.4 is 0 Å². The second kappa shape index (κ2) is 4.43. The molecule has 0 spiro atoms. The van der Waals surface area contributed by atoms with Crippen LogP contribution in [0.3, 0.4) is 0 Å². The fraction of sp³-hybridized carbons (Fsp3) is 0.143. The first kappa shape index (κ1) is 11.7. The third kappa shape index (κ3) is 2.35. The van der Waals surface area contributed by atoms with Crippen LogP contribution in [0.2, 0.25) is 0 Å². The molecule has 1 aromatic heterocycles. The van der Waals surface area contributed by atoms with Gasteiger partial charge in [-0.2, -0.15) is 4.39 Å². The predicted octanol–water partition coefficient (Wildman–Crippen LogP) is 3.14. The van der Waals surface area contributed by atoms with Gasteiger partial charge in [-0.15, -0.1) is 0 Å². The summed E-state index contributed by atoms with van der Waals surface area (Å²) < 4.78 is 37.2. The first-order valence-corrected chi connectivity index (χ1v) is 4.73. The molecule has 0 aliphatic heterocycles. The van der Waals surface area contributed by atoms with Gasteiger partial charge in [0.05, 0.1) is 11.1 Å². The number of rotatable bonds is 2. The second-order valence-corrected chi connectivity index (χ2v) is 3.64. The van der Waals surface area contributed by atoms with Crippen molar-refractivity contribution in [2.75, 3.05) is 0 Å². The molecule has 7 heteroatoms. The lowest BCUT2D eigenvalue weighted by Gasteiger charge is -2.06. The average molecular weight is 335 g/mol. The molecule has 1 aromatic rings. The molecule has 0 atom stereocenters. The molecule has 0 amide bonds. The van der Waals surface area contributed by atoms with E-state index in [0.717, 1.165) is 0 Å². The number of pyridine rings is 1. The number of carbonyl (C=O) groups is 1. The van der Waals surface area contributed by atoms with Gasteiger partial charge in [-0.3, -0.25) is 4.79 Å². The fourth-order valence-corrected chi connectivity index (χ4v) is 1.78. The number of aromatic nitrogens is 1. The van der Waals surface area contributed by atoms with E-state index in [9.17, 15) is 18.0 Å². The summed E-state index contributed by atoms with van der Waals surface area (Å²) in [4.78, 5) is 13.9. The van der Waals surface area contributed by atoms with Crippen molar-refractivity contribution in [1.82, 2.24) is 4.98 Å². The molecule has 0 bridgehead atoms. The van der Waals surface area contributed by atoms with Crippen LogP contribution in [0.25, 0.3) is 0 Å². The van der Waals surface area contributed by atoms with Gasteiger partial charge >= 0.3 is 0 Å². The van der Waals surface area contributed by atoms with Gasteiger partial charge in [0.25, 0.3) is 11.7 Å². The van der Waals surface area contributed by atoms with Gasteiger partial charge in [0.15, 0.2) is 0 Å². The average Bonchev–Trinajstić information content (AvgIpc) is 2.01. The highest BCUT2D eigenvalue weighted by atomic mass is 127. The molecular formula is C7H2ClF3INO.